The van der Waals surface area contributed by atoms with E-state index in [4.69, 9.17) is 0 Å². The van der Waals surface area contributed by atoms with Crippen molar-refractivity contribution in [2.75, 3.05) is 46.3 Å². The maximum atomic E-state index is 12.5. The lowest BCUT2D eigenvalue weighted by molar-refractivity contribution is -0.142. The number of rotatable bonds is 2. The van der Waals surface area contributed by atoms with Gasteiger partial charge in [0.15, 0.2) is 0 Å². The molecule has 2 unspecified atom stereocenters. The first-order valence-corrected chi connectivity index (χ1v) is 8.18. The topological polar surface area (TPSA) is 55.9 Å². The average Bonchev–Trinajstić information content (AvgIpc) is 3.17. The zero-order valence-electron chi connectivity index (χ0n) is 12.9. The number of hydrogen-bond donors (Lipinski definition) is 1. The van der Waals surface area contributed by atoms with Crippen molar-refractivity contribution >= 4 is 11.8 Å². The molecular formula is C15H26N4O2. The van der Waals surface area contributed by atoms with Crippen LogP contribution in [0.1, 0.15) is 25.7 Å². The summed E-state index contributed by atoms with van der Waals surface area (Å²) in [7, 11) is 2.03. The van der Waals surface area contributed by atoms with Crippen LogP contribution in [0.5, 0.6) is 0 Å². The van der Waals surface area contributed by atoms with Gasteiger partial charge in [-0.15, -0.1) is 0 Å². The van der Waals surface area contributed by atoms with E-state index in [-0.39, 0.29) is 23.9 Å². The first kappa shape index (κ1) is 14.8. The molecule has 2 amide bonds. The molecule has 0 aromatic carbocycles. The second-order valence-corrected chi connectivity index (χ2v) is 6.44. The van der Waals surface area contributed by atoms with Gasteiger partial charge in [0.25, 0.3) is 0 Å². The van der Waals surface area contributed by atoms with Crippen molar-refractivity contribution < 1.29 is 9.59 Å². The van der Waals surface area contributed by atoms with E-state index in [0.717, 1.165) is 38.8 Å². The highest BCUT2D eigenvalue weighted by Gasteiger charge is 2.34. The van der Waals surface area contributed by atoms with Crippen molar-refractivity contribution in [1.29, 1.82) is 0 Å². The Morgan fingerprint density at radius 3 is 2.10 bits per heavy atom. The van der Waals surface area contributed by atoms with Gasteiger partial charge in [0.1, 0.15) is 0 Å². The van der Waals surface area contributed by atoms with E-state index in [0.29, 0.717) is 26.2 Å². The summed E-state index contributed by atoms with van der Waals surface area (Å²) in [5.74, 6) is 0.471. The number of amides is 2. The monoisotopic (exact) mass is 294 g/mol. The Labute approximate surface area is 126 Å². The quantitative estimate of drug-likeness (QED) is 0.746. The first-order valence-electron chi connectivity index (χ1n) is 8.18. The van der Waals surface area contributed by atoms with E-state index in [9.17, 15) is 9.59 Å². The molecule has 0 saturated carbocycles. The lowest BCUT2D eigenvalue weighted by Gasteiger charge is -2.37. The highest BCUT2D eigenvalue weighted by atomic mass is 16.2. The summed E-state index contributed by atoms with van der Waals surface area (Å²) in [6, 6.07) is 0.0666. The Hall–Kier alpha value is -1.14. The van der Waals surface area contributed by atoms with Crippen molar-refractivity contribution in [3.8, 4) is 0 Å². The summed E-state index contributed by atoms with van der Waals surface area (Å²) in [5.41, 5.74) is 0. The van der Waals surface area contributed by atoms with E-state index in [1.165, 1.54) is 0 Å². The Bertz CT molecular complexity index is 400. The molecular weight excluding hydrogens is 268 g/mol. The minimum Gasteiger partial charge on any atom is -0.338 e. The number of hydrogen-bond acceptors (Lipinski definition) is 4. The average molecular weight is 294 g/mol. The van der Waals surface area contributed by atoms with Crippen LogP contribution >= 0.6 is 0 Å². The predicted molar refractivity (Wildman–Crippen MR) is 79.8 cm³/mol. The molecule has 6 nitrogen and oxygen atoms in total. The molecule has 3 rings (SSSR count). The van der Waals surface area contributed by atoms with Crippen LogP contribution in [0.3, 0.4) is 0 Å². The van der Waals surface area contributed by atoms with Crippen molar-refractivity contribution in [3.63, 3.8) is 0 Å². The largest absolute Gasteiger partial charge is 0.338 e. The zero-order chi connectivity index (χ0) is 14.8. The van der Waals surface area contributed by atoms with Gasteiger partial charge in [0.05, 0.1) is 12.1 Å². The fourth-order valence-electron chi connectivity index (χ4n) is 3.70. The molecule has 0 spiro atoms. The van der Waals surface area contributed by atoms with Crippen LogP contribution in [0.25, 0.3) is 0 Å². The van der Waals surface area contributed by atoms with Crippen LogP contribution in [-0.2, 0) is 9.59 Å². The van der Waals surface area contributed by atoms with Crippen molar-refractivity contribution in [1.82, 2.24) is 20.0 Å². The minimum atomic E-state index is 0.00761. The Morgan fingerprint density at radius 2 is 1.57 bits per heavy atom. The normalized spacial score (nSPS) is 30.9. The van der Waals surface area contributed by atoms with Gasteiger partial charge in [-0.25, -0.2) is 0 Å². The third-order valence-corrected chi connectivity index (χ3v) is 5.07. The maximum Gasteiger partial charge on any atom is 0.240 e. The van der Waals surface area contributed by atoms with Gasteiger partial charge in [-0.05, 0) is 45.8 Å². The molecule has 3 saturated heterocycles. The van der Waals surface area contributed by atoms with Gasteiger partial charge >= 0.3 is 0 Å². The van der Waals surface area contributed by atoms with Gasteiger partial charge in [0, 0.05) is 26.2 Å². The highest BCUT2D eigenvalue weighted by molar-refractivity contribution is 5.84. The molecule has 0 aromatic heterocycles. The van der Waals surface area contributed by atoms with Crippen LogP contribution in [-0.4, -0.2) is 84.9 Å². The van der Waals surface area contributed by atoms with Crippen molar-refractivity contribution in [2.24, 2.45) is 0 Å². The van der Waals surface area contributed by atoms with Crippen molar-refractivity contribution in [2.45, 2.75) is 37.8 Å². The van der Waals surface area contributed by atoms with Crippen LogP contribution < -0.4 is 5.32 Å². The van der Waals surface area contributed by atoms with E-state index in [1.54, 1.807) is 0 Å². The van der Waals surface area contributed by atoms with Gasteiger partial charge in [-0.2, -0.15) is 0 Å². The summed E-state index contributed by atoms with van der Waals surface area (Å²) in [6.07, 6.45) is 4.12. The standard InChI is InChI=1S/C15H26N4O2/c1-17-7-3-5-13(17)15(21)19-10-8-18(9-11-19)14(20)12-4-2-6-16-12/h12-13,16H,2-11H2,1H3. The minimum absolute atomic E-state index is 0.00761. The highest BCUT2D eigenvalue weighted by Crippen LogP contribution is 2.18. The third-order valence-electron chi connectivity index (χ3n) is 5.07. The fraction of sp³-hybridized carbons (Fsp3) is 0.867. The van der Waals surface area contributed by atoms with E-state index >= 15 is 0 Å². The number of nitrogens with zero attached hydrogens (tertiary/aromatic N) is 3. The predicted octanol–water partition coefficient (Wildman–Crippen LogP) is -0.497. The number of likely N-dealkylation sites (tertiary alicyclic amines) is 1. The van der Waals surface area contributed by atoms with Gasteiger partial charge in [-0.1, -0.05) is 0 Å². The molecule has 3 aliphatic rings. The second-order valence-electron chi connectivity index (χ2n) is 6.44. The molecule has 0 aliphatic carbocycles. The van der Waals surface area contributed by atoms with Gasteiger partial charge in [0.2, 0.25) is 11.8 Å². The van der Waals surface area contributed by atoms with E-state index < -0.39 is 0 Å². The molecule has 118 valence electrons. The lowest BCUT2D eigenvalue weighted by Crippen LogP contribution is -2.56. The van der Waals surface area contributed by atoms with Gasteiger partial charge < -0.3 is 15.1 Å². The molecule has 3 fully saturated rings. The lowest BCUT2D eigenvalue weighted by atomic mass is 10.1. The first-order chi connectivity index (χ1) is 10.2. The third kappa shape index (κ3) is 3.06. The number of carbonyl (C=O) groups excluding carboxylic acids is 2. The van der Waals surface area contributed by atoms with Crippen LogP contribution in [0.4, 0.5) is 0 Å². The van der Waals surface area contributed by atoms with Crippen LogP contribution in [0, 0.1) is 0 Å². The SMILES string of the molecule is CN1CCCC1C(=O)N1CCN(C(=O)C2CCCN2)CC1. The molecule has 2 atom stereocenters. The Kier molecular flexibility index (Phi) is 4.45. The number of piperazine rings is 1. The molecule has 0 aromatic rings. The fourth-order valence-corrected chi connectivity index (χ4v) is 3.70. The molecule has 3 heterocycles. The summed E-state index contributed by atoms with van der Waals surface area (Å²) < 4.78 is 0. The van der Waals surface area contributed by atoms with Crippen LogP contribution in [0.2, 0.25) is 0 Å². The molecule has 6 heteroatoms. The number of likely N-dealkylation sites (N-methyl/N-ethyl adjacent to an activating group) is 1. The van der Waals surface area contributed by atoms with E-state index in [1.807, 2.05) is 16.8 Å². The molecule has 1 N–H and O–H groups in total. The number of carbonyl (C=O) groups is 2. The molecule has 21 heavy (non-hydrogen) atoms. The van der Waals surface area contributed by atoms with Crippen LogP contribution in [0.15, 0.2) is 0 Å². The smallest absolute Gasteiger partial charge is 0.240 e. The second kappa shape index (κ2) is 6.32. The summed E-state index contributed by atoms with van der Waals surface area (Å²) in [4.78, 5) is 30.9. The zero-order valence-corrected chi connectivity index (χ0v) is 12.9. The van der Waals surface area contributed by atoms with E-state index in [2.05, 4.69) is 10.2 Å². The summed E-state index contributed by atoms with van der Waals surface area (Å²) >= 11 is 0. The Morgan fingerprint density at radius 1 is 0.905 bits per heavy atom. The summed E-state index contributed by atoms with van der Waals surface area (Å²) in [5, 5.41) is 3.26. The summed E-state index contributed by atoms with van der Waals surface area (Å²) in [6.45, 7) is 4.69. The molecule has 0 radical (unpaired) electrons. The maximum absolute atomic E-state index is 12.5. The number of nitrogens with one attached hydrogen (secondary N) is 1. The molecule has 3 aliphatic heterocycles. The van der Waals surface area contributed by atoms with Gasteiger partial charge in [-0.3, -0.25) is 14.5 Å². The Balaban J connectivity index is 1.50. The van der Waals surface area contributed by atoms with Crippen molar-refractivity contribution in [3.05, 3.63) is 0 Å². The molecule has 0 bridgehead atoms.